The van der Waals surface area contributed by atoms with Gasteiger partial charge in [0.15, 0.2) is 5.82 Å². The van der Waals surface area contributed by atoms with Gasteiger partial charge in [-0.05, 0) is 89.8 Å². The number of ether oxygens (including phenoxy) is 1. The molecule has 0 bridgehead atoms. The van der Waals surface area contributed by atoms with E-state index in [9.17, 15) is 9.59 Å². The van der Waals surface area contributed by atoms with Gasteiger partial charge in [-0.2, -0.15) is 4.98 Å². The van der Waals surface area contributed by atoms with Gasteiger partial charge < -0.3 is 30.1 Å². The maximum absolute atomic E-state index is 13.3. The summed E-state index contributed by atoms with van der Waals surface area (Å²) >= 11 is 0. The van der Waals surface area contributed by atoms with Crippen LogP contribution >= 0.6 is 0 Å². The van der Waals surface area contributed by atoms with E-state index in [1.807, 2.05) is 26.0 Å². The van der Waals surface area contributed by atoms with Gasteiger partial charge in [-0.3, -0.25) is 14.5 Å². The summed E-state index contributed by atoms with van der Waals surface area (Å²) in [7, 11) is 1.60. The summed E-state index contributed by atoms with van der Waals surface area (Å²) in [6.07, 6.45) is 9.55. The Bertz CT molecular complexity index is 1380. The Labute approximate surface area is 274 Å². The van der Waals surface area contributed by atoms with Crippen molar-refractivity contribution in [2.75, 3.05) is 61.5 Å². The molecule has 46 heavy (non-hydrogen) atoms. The van der Waals surface area contributed by atoms with Gasteiger partial charge in [0.1, 0.15) is 17.5 Å². The van der Waals surface area contributed by atoms with E-state index in [0.29, 0.717) is 42.0 Å². The fraction of sp³-hybridized carbons (Fsp3) is 0.657. The highest BCUT2D eigenvalue weighted by molar-refractivity contribution is 6.04. The zero-order chi connectivity index (χ0) is 32.4. The summed E-state index contributed by atoms with van der Waals surface area (Å²) in [5.74, 6) is 2.65. The minimum atomic E-state index is -0.273. The molecule has 6 rings (SSSR count). The first-order valence-electron chi connectivity index (χ1n) is 17.5. The van der Waals surface area contributed by atoms with Crippen molar-refractivity contribution in [2.24, 2.45) is 5.92 Å². The predicted molar refractivity (Wildman–Crippen MR) is 182 cm³/mol. The average molecular weight is 633 g/mol. The van der Waals surface area contributed by atoms with E-state index in [0.717, 1.165) is 43.1 Å². The predicted octanol–water partition coefficient (Wildman–Crippen LogP) is 4.66. The summed E-state index contributed by atoms with van der Waals surface area (Å²) in [5, 5.41) is 6.57. The number of likely N-dealkylation sites (N-methyl/N-ethyl adjacent to an activating group) is 1. The molecule has 2 aromatic rings. The molecule has 11 heteroatoms. The molecule has 3 fully saturated rings. The van der Waals surface area contributed by atoms with Crippen molar-refractivity contribution in [3.63, 3.8) is 0 Å². The van der Waals surface area contributed by atoms with Gasteiger partial charge >= 0.3 is 0 Å². The molecule has 1 atom stereocenters. The zero-order valence-corrected chi connectivity index (χ0v) is 28.3. The smallest absolute Gasteiger partial charge is 0.251 e. The first-order valence-corrected chi connectivity index (χ1v) is 17.5. The lowest BCUT2D eigenvalue weighted by Gasteiger charge is -2.43. The van der Waals surface area contributed by atoms with Crippen molar-refractivity contribution in [2.45, 2.75) is 96.8 Å². The van der Waals surface area contributed by atoms with Crippen molar-refractivity contribution < 1.29 is 14.3 Å². The second-order valence-corrected chi connectivity index (χ2v) is 13.7. The van der Waals surface area contributed by atoms with Gasteiger partial charge in [-0.1, -0.05) is 6.92 Å². The largest absolute Gasteiger partial charge is 0.495 e. The molecule has 1 aromatic carbocycles. The summed E-state index contributed by atoms with van der Waals surface area (Å²) in [4.78, 5) is 45.1. The van der Waals surface area contributed by atoms with Crippen LogP contribution in [0, 0.1) is 5.92 Å². The number of rotatable bonds is 11. The van der Waals surface area contributed by atoms with E-state index < -0.39 is 0 Å². The van der Waals surface area contributed by atoms with E-state index >= 15 is 0 Å². The number of benzene rings is 1. The molecule has 0 radical (unpaired) electrons. The van der Waals surface area contributed by atoms with Crippen LogP contribution in [0.4, 0.5) is 23.1 Å². The second kappa shape index (κ2) is 14.1. The molecule has 250 valence electrons. The molecule has 2 saturated carbocycles. The van der Waals surface area contributed by atoms with Crippen LogP contribution in [-0.4, -0.2) is 102 Å². The molecule has 2 aliphatic carbocycles. The summed E-state index contributed by atoms with van der Waals surface area (Å²) in [6, 6.07) is 6.07. The Kier molecular flexibility index (Phi) is 9.98. The highest BCUT2D eigenvalue weighted by atomic mass is 16.5. The number of fused-ring (bicyclic) bond motifs is 1. The molecule has 0 spiro atoms. The summed E-state index contributed by atoms with van der Waals surface area (Å²) in [5.41, 5.74) is 1.95. The Morgan fingerprint density at radius 3 is 2.41 bits per heavy atom. The molecule has 11 nitrogen and oxygen atoms in total. The van der Waals surface area contributed by atoms with Gasteiger partial charge in [0.05, 0.1) is 19.0 Å². The molecule has 0 unspecified atom stereocenters. The highest BCUT2D eigenvalue weighted by Crippen LogP contribution is 2.38. The lowest BCUT2D eigenvalue weighted by atomic mass is 9.89. The Morgan fingerprint density at radius 1 is 1.04 bits per heavy atom. The van der Waals surface area contributed by atoms with E-state index in [2.05, 4.69) is 44.2 Å². The van der Waals surface area contributed by atoms with Gasteiger partial charge in [-0.25, -0.2) is 4.98 Å². The normalized spacial score (nSPS) is 24.2. The van der Waals surface area contributed by atoms with Crippen molar-refractivity contribution in [1.29, 1.82) is 0 Å². The molecule has 2 N–H and O–H groups in total. The zero-order valence-electron chi connectivity index (χ0n) is 28.3. The summed E-state index contributed by atoms with van der Waals surface area (Å²) in [6.45, 7) is 14.8. The fourth-order valence-corrected chi connectivity index (χ4v) is 7.56. The van der Waals surface area contributed by atoms with Gasteiger partial charge in [0, 0.05) is 63.0 Å². The summed E-state index contributed by atoms with van der Waals surface area (Å²) < 4.78 is 5.70. The molecule has 1 aromatic heterocycles. The first-order chi connectivity index (χ1) is 22.3. The topological polar surface area (TPSA) is 106 Å². The Balaban J connectivity index is 1.07. The lowest BCUT2D eigenvalue weighted by Crippen LogP contribution is -2.56. The number of anilines is 4. The second-order valence-electron chi connectivity index (χ2n) is 13.7. The van der Waals surface area contributed by atoms with Crippen LogP contribution in [0.15, 0.2) is 24.4 Å². The number of methoxy groups -OCH3 is 1. The SMILES string of the molecule is CC[C@@H]1C(=O)N(CC)c2cnc(Nc3ccc(C(=O)N[C@H]4CC[C@H](N5CCN(CC6CC6)CC5)CC4)cc3OC)nc2N1C(C)C. The van der Waals surface area contributed by atoms with Gasteiger partial charge in [0.2, 0.25) is 11.9 Å². The quantitative estimate of drug-likeness (QED) is 0.366. The number of hydrogen-bond donors (Lipinski definition) is 2. The third-order valence-electron chi connectivity index (χ3n) is 10.3. The number of nitrogens with one attached hydrogen (secondary N) is 2. The maximum atomic E-state index is 13.3. The molecule has 2 amide bonds. The average Bonchev–Trinajstić information content (AvgIpc) is 3.89. The van der Waals surface area contributed by atoms with Crippen molar-refractivity contribution in [3.05, 3.63) is 30.0 Å². The number of nitrogens with zero attached hydrogens (tertiary/aromatic N) is 6. The van der Waals surface area contributed by atoms with Crippen molar-refractivity contribution in [1.82, 2.24) is 25.1 Å². The third-order valence-corrected chi connectivity index (χ3v) is 10.3. The minimum Gasteiger partial charge on any atom is -0.495 e. The number of aromatic nitrogens is 2. The number of carbonyl (C=O) groups is 2. The van der Waals surface area contributed by atoms with E-state index in [1.54, 1.807) is 24.3 Å². The fourth-order valence-electron chi connectivity index (χ4n) is 7.56. The van der Waals surface area contributed by atoms with Crippen LogP contribution in [-0.2, 0) is 4.79 Å². The molecule has 2 aliphatic heterocycles. The molecule has 1 saturated heterocycles. The number of amides is 2. The van der Waals surface area contributed by atoms with Crippen molar-refractivity contribution >= 4 is 35.0 Å². The van der Waals surface area contributed by atoms with Gasteiger partial charge in [-0.15, -0.1) is 0 Å². The van der Waals surface area contributed by atoms with E-state index in [1.165, 1.54) is 45.6 Å². The monoisotopic (exact) mass is 632 g/mol. The van der Waals surface area contributed by atoms with Crippen LogP contribution in [0.3, 0.4) is 0 Å². The van der Waals surface area contributed by atoms with E-state index in [-0.39, 0.29) is 29.9 Å². The highest BCUT2D eigenvalue weighted by Gasteiger charge is 2.39. The van der Waals surface area contributed by atoms with Crippen LogP contribution in [0.25, 0.3) is 0 Å². The molecular formula is C35H52N8O3. The Hall–Kier alpha value is -3.44. The minimum absolute atomic E-state index is 0.0745. The van der Waals surface area contributed by atoms with Crippen LogP contribution in [0.2, 0.25) is 0 Å². The van der Waals surface area contributed by atoms with Gasteiger partial charge in [0.25, 0.3) is 5.91 Å². The Morgan fingerprint density at radius 2 is 1.78 bits per heavy atom. The number of carbonyl (C=O) groups excluding carboxylic acids is 2. The number of hydrogen-bond acceptors (Lipinski definition) is 9. The number of piperazine rings is 1. The van der Waals surface area contributed by atoms with Crippen LogP contribution in [0.1, 0.15) is 83.0 Å². The van der Waals surface area contributed by atoms with Crippen LogP contribution < -0.4 is 25.2 Å². The molecule has 3 heterocycles. The standard InChI is InChI=1S/C35H52N8O3/c1-6-29-34(45)42(7-2)30-21-36-35(39-32(30)43(29)23(3)4)38-28-15-10-25(20-31(28)46-5)33(44)37-26-11-13-27(14-12-26)41-18-16-40(17-19-41)22-24-8-9-24/h10,15,20-21,23-24,26-27,29H,6-9,11-14,16-19,22H2,1-5H3,(H,37,44)(H,36,38,39)/t26-,27-,29-/m1/s1. The first kappa shape index (κ1) is 32.5. The van der Waals surface area contributed by atoms with Crippen molar-refractivity contribution in [3.8, 4) is 5.75 Å². The molecular weight excluding hydrogens is 580 g/mol. The third kappa shape index (κ3) is 6.95. The van der Waals surface area contributed by atoms with E-state index in [4.69, 9.17) is 9.72 Å². The van der Waals surface area contributed by atoms with Crippen LogP contribution in [0.5, 0.6) is 5.75 Å². The molecule has 4 aliphatic rings. The maximum Gasteiger partial charge on any atom is 0.251 e. The lowest BCUT2D eigenvalue weighted by molar-refractivity contribution is -0.120.